The number of rotatable bonds is 5. The maximum Gasteiger partial charge on any atom is 0.350 e. The van der Waals surface area contributed by atoms with Gasteiger partial charge >= 0.3 is 5.97 Å². The minimum atomic E-state index is -0.442. The Balaban J connectivity index is 1.83. The fourth-order valence-corrected chi connectivity index (χ4v) is 3.87. The van der Waals surface area contributed by atoms with Crippen LogP contribution in [-0.4, -0.2) is 19.0 Å². The molecule has 0 atom stereocenters. The van der Waals surface area contributed by atoms with Crippen molar-refractivity contribution in [3.8, 4) is 0 Å². The molecule has 5 heteroatoms. The van der Waals surface area contributed by atoms with Gasteiger partial charge < -0.3 is 10.1 Å². The number of thiophene rings is 1. The van der Waals surface area contributed by atoms with E-state index in [0.29, 0.717) is 16.5 Å². The van der Waals surface area contributed by atoms with E-state index in [1.54, 1.807) is 0 Å². The van der Waals surface area contributed by atoms with Gasteiger partial charge in [0.2, 0.25) is 5.91 Å². The number of methoxy groups -OCH3 is 1. The van der Waals surface area contributed by atoms with Crippen LogP contribution in [0.1, 0.15) is 40.6 Å². The lowest BCUT2D eigenvalue weighted by molar-refractivity contribution is -0.115. The van der Waals surface area contributed by atoms with Crippen molar-refractivity contribution in [1.82, 2.24) is 0 Å². The summed E-state index contributed by atoms with van der Waals surface area (Å²) in [5.74, 6) is -0.142. The summed E-state index contributed by atoms with van der Waals surface area (Å²) in [6, 6.07) is 15.7. The Morgan fingerprint density at radius 1 is 1.08 bits per heavy atom. The standard InChI is InChI=1S/C21H21NO3S/c1-13(2)15-10-8-14(9-11-15)12-18(23)22-19-16-6-4-5-7-17(16)26-20(19)21(24)25-3/h4-11,13H,12H2,1-3H3,(H,22,23). The van der Waals surface area contributed by atoms with Crippen molar-refractivity contribution in [2.75, 3.05) is 12.4 Å². The predicted molar refractivity (Wildman–Crippen MR) is 106 cm³/mol. The normalized spacial score (nSPS) is 10.9. The smallest absolute Gasteiger partial charge is 0.350 e. The SMILES string of the molecule is COC(=O)c1sc2ccccc2c1NC(=O)Cc1ccc(C(C)C)cc1. The number of amides is 1. The van der Waals surface area contributed by atoms with E-state index in [2.05, 4.69) is 19.2 Å². The Kier molecular flexibility index (Phi) is 5.38. The first-order valence-corrected chi connectivity index (χ1v) is 9.29. The van der Waals surface area contributed by atoms with Crippen LogP contribution in [0.4, 0.5) is 5.69 Å². The van der Waals surface area contributed by atoms with Crippen LogP contribution in [0.3, 0.4) is 0 Å². The average Bonchev–Trinajstić information content (AvgIpc) is 3.00. The molecule has 0 radical (unpaired) electrons. The summed E-state index contributed by atoms with van der Waals surface area (Å²) in [4.78, 5) is 25.0. The number of carbonyl (C=O) groups is 2. The summed E-state index contributed by atoms with van der Waals surface area (Å²) in [6.45, 7) is 4.27. The highest BCUT2D eigenvalue weighted by atomic mass is 32.1. The lowest BCUT2D eigenvalue weighted by Gasteiger charge is -2.09. The number of esters is 1. The van der Waals surface area contributed by atoms with Crippen LogP contribution in [-0.2, 0) is 16.0 Å². The van der Waals surface area contributed by atoms with Crippen molar-refractivity contribution in [1.29, 1.82) is 0 Å². The molecular weight excluding hydrogens is 346 g/mol. The van der Waals surface area contributed by atoms with Crippen LogP contribution in [0.2, 0.25) is 0 Å². The number of nitrogens with one attached hydrogen (secondary N) is 1. The van der Waals surface area contributed by atoms with E-state index in [4.69, 9.17) is 4.74 Å². The second-order valence-electron chi connectivity index (χ2n) is 6.42. The first kappa shape index (κ1) is 18.1. The summed E-state index contributed by atoms with van der Waals surface area (Å²) in [5, 5.41) is 3.75. The molecule has 0 unspecified atom stereocenters. The Morgan fingerprint density at radius 3 is 2.42 bits per heavy atom. The zero-order valence-electron chi connectivity index (χ0n) is 15.0. The number of carbonyl (C=O) groups excluding carboxylic acids is 2. The Morgan fingerprint density at radius 2 is 1.77 bits per heavy atom. The molecule has 1 aromatic heterocycles. The van der Waals surface area contributed by atoms with Crippen molar-refractivity contribution in [3.05, 3.63) is 64.5 Å². The molecule has 0 fully saturated rings. The largest absolute Gasteiger partial charge is 0.465 e. The summed E-state index contributed by atoms with van der Waals surface area (Å²) >= 11 is 1.32. The van der Waals surface area contributed by atoms with E-state index < -0.39 is 5.97 Å². The molecular formula is C21H21NO3S. The summed E-state index contributed by atoms with van der Waals surface area (Å²) < 4.78 is 5.80. The molecule has 0 aliphatic rings. The monoisotopic (exact) mass is 367 g/mol. The number of hydrogen-bond acceptors (Lipinski definition) is 4. The molecule has 1 heterocycles. The molecule has 0 spiro atoms. The molecule has 1 amide bonds. The van der Waals surface area contributed by atoms with Crippen LogP contribution in [0, 0.1) is 0 Å². The molecule has 4 nitrogen and oxygen atoms in total. The summed E-state index contributed by atoms with van der Waals surface area (Å²) in [6.07, 6.45) is 0.253. The molecule has 2 aromatic carbocycles. The number of anilines is 1. The zero-order chi connectivity index (χ0) is 18.7. The van der Waals surface area contributed by atoms with Crippen molar-refractivity contribution in [2.45, 2.75) is 26.2 Å². The molecule has 0 aliphatic heterocycles. The molecule has 1 N–H and O–H groups in total. The number of benzene rings is 2. The fraction of sp³-hybridized carbons (Fsp3) is 0.238. The van der Waals surface area contributed by atoms with Gasteiger partial charge in [-0.1, -0.05) is 56.3 Å². The van der Waals surface area contributed by atoms with Crippen molar-refractivity contribution in [3.63, 3.8) is 0 Å². The Labute approximate surface area is 156 Å². The van der Waals surface area contributed by atoms with E-state index in [9.17, 15) is 9.59 Å². The second-order valence-corrected chi connectivity index (χ2v) is 7.47. The minimum absolute atomic E-state index is 0.156. The fourth-order valence-electron chi connectivity index (χ4n) is 2.80. The molecule has 3 aromatic rings. The first-order valence-electron chi connectivity index (χ1n) is 8.48. The van der Waals surface area contributed by atoms with Crippen LogP contribution < -0.4 is 5.32 Å². The molecule has 3 rings (SSSR count). The van der Waals surface area contributed by atoms with Crippen LogP contribution in [0.5, 0.6) is 0 Å². The van der Waals surface area contributed by atoms with E-state index in [1.807, 2.05) is 48.5 Å². The zero-order valence-corrected chi connectivity index (χ0v) is 15.9. The summed E-state index contributed by atoms with van der Waals surface area (Å²) in [5.41, 5.74) is 2.71. The third-order valence-electron chi connectivity index (χ3n) is 4.24. The Hall–Kier alpha value is -2.66. The quantitative estimate of drug-likeness (QED) is 0.646. The summed E-state index contributed by atoms with van der Waals surface area (Å²) in [7, 11) is 1.34. The first-order chi connectivity index (χ1) is 12.5. The van der Waals surface area contributed by atoms with Gasteiger partial charge in [-0.05, 0) is 23.1 Å². The van der Waals surface area contributed by atoms with Crippen molar-refractivity contribution in [2.24, 2.45) is 0 Å². The lowest BCUT2D eigenvalue weighted by Crippen LogP contribution is -2.16. The minimum Gasteiger partial charge on any atom is -0.465 e. The van der Waals surface area contributed by atoms with Gasteiger partial charge in [-0.2, -0.15) is 0 Å². The topological polar surface area (TPSA) is 55.4 Å². The van der Waals surface area contributed by atoms with Gasteiger partial charge in [-0.15, -0.1) is 11.3 Å². The van der Waals surface area contributed by atoms with E-state index in [1.165, 1.54) is 24.0 Å². The van der Waals surface area contributed by atoms with Gasteiger partial charge in [0.05, 0.1) is 19.2 Å². The molecule has 26 heavy (non-hydrogen) atoms. The molecule has 0 bridgehead atoms. The highest BCUT2D eigenvalue weighted by Gasteiger charge is 2.20. The van der Waals surface area contributed by atoms with E-state index in [0.717, 1.165) is 15.6 Å². The van der Waals surface area contributed by atoms with Crippen LogP contribution in [0.15, 0.2) is 48.5 Å². The van der Waals surface area contributed by atoms with Gasteiger partial charge in [0.1, 0.15) is 4.88 Å². The molecule has 0 saturated heterocycles. The Bertz CT molecular complexity index is 942. The molecule has 134 valence electrons. The third kappa shape index (κ3) is 3.78. The average molecular weight is 367 g/mol. The highest BCUT2D eigenvalue weighted by Crippen LogP contribution is 2.36. The molecule has 0 saturated carbocycles. The van der Waals surface area contributed by atoms with Crippen molar-refractivity contribution < 1.29 is 14.3 Å². The maximum absolute atomic E-state index is 12.5. The predicted octanol–water partition coefficient (Wildman–Crippen LogP) is 4.99. The third-order valence-corrected chi connectivity index (χ3v) is 5.39. The maximum atomic E-state index is 12.5. The number of hydrogen-bond donors (Lipinski definition) is 1. The number of ether oxygens (including phenoxy) is 1. The van der Waals surface area contributed by atoms with Gasteiger partial charge in [-0.25, -0.2) is 4.79 Å². The number of fused-ring (bicyclic) bond motifs is 1. The van der Waals surface area contributed by atoms with Gasteiger partial charge in [0, 0.05) is 10.1 Å². The van der Waals surface area contributed by atoms with Crippen LogP contribution >= 0.6 is 11.3 Å². The van der Waals surface area contributed by atoms with Gasteiger partial charge in [-0.3, -0.25) is 4.79 Å². The van der Waals surface area contributed by atoms with Crippen molar-refractivity contribution >= 4 is 39.0 Å². The molecule has 0 aliphatic carbocycles. The van der Waals surface area contributed by atoms with E-state index >= 15 is 0 Å². The van der Waals surface area contributed by atoms with Gasteiger partial charge in [0.15, 0.2) is 0 Å². The van der Waals surface area contributed by atoms with E-state index in [-0.39, 0.29) is 12.3 Å². The van der Waals surface area contributed by atoms with Crippen LogP contribution in [0.25, 0.3) is 10.1 Å². The highest BCUT2D eigenvalue weighted by molar-refractivity contribution is 7.21. The van der Waals surface area contributed by atoms with Gasteiger partial charge in [0.25, 0.3) is 0 Å². The lowest BCUT2D eigenvalue weighted by atomic mass is 10.0. The second kappa shape index (κ2) is 7.70.